The van der Waals surface area contributed by atoms with Gasteiger partial charge in [-0.3, -0.25) is 14.9 Å². The van der Waals surface area contributed by atoms with Crippen molar-refractivity contribution >= 4 is 17.5 Å². The predicted molar refractivity (Wildman–Crippen MR) is 60.9 cm³/mol. The first-order valence-electron chi connectivity index (χ1n) is 4.98. The van der Waals surface area contributed by atoms with Crippen molar-refractivity contribution in [2.75, 3.05) is 11.9 Å². The lowest BCUT2D eigenvalue weighted by Crippen LogP contribution is -2.20. The molecule has 0 aromatic carbocycles. The van der Waals surface area contributed by atoms with Gasteiger partial charge in [0.05, 0.1) is 10.8 Å². The van der Waals surface area contributed by atoms with E-state index in [-0.39, 0.29) is 23.7 Å². The van der Waals surface area contributed by atoms with Crippen LogP contribution < -0.4 is 5.32 Å². The number of nitrogens with zero attached hydrogens (tertiary/aromatic N) is 3. The van der Waals surface area contributed by atoms with Crippen LogP contribution >= 0.6 is 0 Å². The highest BCUT2D eigenvalue weighted by Gasteiger charge is 2.16. The number of anilines is 1. The van der Waals surface area contributed by atoms with Crippen molar-refractivity contribution in [3.05, 3.63) is 27.9 Å². The molecule has 0 spiro atoms. The molecule has 0 saturated carbocycles. The van der Waals surface area contributed by atoms with Crippen LogP contribution in [0.15, 0.2) is 12.1 Å². The zero-order chi connectivity index (χ0) is 13.7. The fraction of sp³-hybridized carbons (Fsp3) is 0.300. The molecule has 0 saturated heterocycles. The monoisotopic (exact) mass is 250 g/mol. The SMILES string of the molecule is CC(CNc1ccc([N+](=O)[O-])c(C#N)n1)C(=O)O. The summed E-state index contributed by atoms with van der Waals surface area (Å²) in [5.74, 6) is -1.37. The number of rotatable bonds is 5. The average Bonchev–Trinajstić information content (AvgIpc) is 2.34. The Morgan fingerprint density at radius 2 is 2.39 bits per heavy atom. The third-order valence-corrected chi connectivity index (χ3v) is 2.19. The molecule has 1 atom stereocenters. The van der Waals surface area contributed by atoms with Gasteiger partial charge in [0.15, 0.2) is 0 Å². The van der Waals surface area contributed by atoms with Crippen molar-refractivity contribution < 1.29 is 14.8 Å². The highest BCUT2D eigenvalue weighted by atomic mass is 16.6. The molecule has 1 rings (SSSR count). The van der Waals surface area contributed by atoms with Crippen LogP contribution in [-0.4, -0.2) is 27.5 Å². The quantitative estimate of drug-likeness (QED) is 0.588. The van der Waals surface area contributed by atoms with Crippen LogP contribution in [0.4, 0.5) is 11.5 Å². The molecule has 1 unspecified atom stereocenters. The molecule has 0 aliphatic carbocycles. The van der Waals surface area contributed by atoms with Gasteiger partial charge in [0, 0.05) is 12.6 Å². The molecular weight excluding hydrogens is 240 g/mol. The first-order valence-corrected chi connectivity index (χ1v) is 4.98. The lowest BCUT2D eigenvalue weighted by Gasteiger charge is -2.08. The summed E-state index contributed by atoms with van der Waals surface area (Å²) in [4.78, 5) is 24.2. The lowest BCUT2D eigenvalue weighted by molar-refractivity contribution is -0.385. The highest BCUT2D eigenvalue weighted by molar-refractivity contribution is 5.70. The fourth-order valence-corrected chi connectivity index (χ4v) is 1.12. The van der Waals surface area contributed by atoms with Gasteiger partial charge in [0.2, 0.25) is 5.69 Å². The topological polar surface area (TPSA) is 129 Å². The number of hydrogen-bond acceptors (Lipinski definition) is 6. The Morgan fingerprint density at radius 1 is 1.72 bits per heavy atom. The second-order valence-electron chi connectivity index (χ2n) is 3.55. The van der Waals surface area contributed by atoms with Gasteiger partial charge in [-0.1, -0.05) is 6.92 Å². The minimum absolute atomic E-state index is 0.116. The molecule has 0 fully saturated rings. The van der Waals surface area contributed by atoms with Crippen molar-refractivity contribution in [3.8, 4) is 6.07 Å². The summed E-state index contributed by atoms with van der Waals surface area (Å²) in [5, 5.41) is 30.7. The number of nitriles is 1. The van der Waals surface area contributed by atoms with Crippen molar-refractivity contribution in [3.63, 3.8) is 0 Å². The van der Waals surface area contributed by atoms with E-state index < -0.39 is 16.8 Å². The van der Waals surface area contributed by atoms with Gasteiger partial charge in [0.25, 0.3) is 0 Å². The Labute approximate surface area is 102 Å². The van der Waals surface area contributed by atoms with Gasteiger partial charge in [-0.25, -0.2) is 4.98 Å². The van der Waals surface area contributed by atoms with Gasteiger partial charge >= 0.3 is 11.7 Å². The Balaban J connectivity index is 2.84. The smallest absolute Gasteiger partial charge is 0.308 e. The second kappa shape index (κ2) is 5.58. The van der Waals surface area contributed by atoms with E-state index in [0.29, 0.717) is 0 Å². The molecule has 2 N–H and O–H groups in total. The molecule has 8 heteroatoms. The fourth-order valence-electron chi connectivity index (χ4n) is 1.12. The minimum Gasteiger partial charge on any atom is -0.481 e. The summed E-state index contributed by atoms with van der Waals surface area (Å²) in [6.07, 6.45) is 0. The second-order valence-corrected chi connectivity index (χ2v) is 3.55. The van der Waals surface area contributed by atoms with Gasteiger partial charge in [-0.15, -0.1) is 0 Å². The zero-order valence-corrected chi connectivity index (χ0v) is 9.45. The maximum absolute atomic E-state index is 10.6. The van der Waals surface area contributed by atoms with Gasteiger partial charge in [0.1, 0.15) is 11.9 Å². The highest BCUT2D eigenvalue weighted by Crippen LogP contribution is 2.18. The molecule has 8 nitrogen and oxygen atoms in total. The molecular formula is C10H10N4O4. The Bertz CT molecular complexity index is 523. The summed E-state index contributed by atoms with van der Waals surface area (Å²) in [6, 6.07) is 4.10. The van der Waals surface area contributed by atoms with Crippen molar-refractivity contribution in [1.29, 1.82) is 5.26 Å². The maximum atomic E-state index is 10.6. The van der Waals surface area contributed by atoms with E-state index in [1.807, 2.05) is 0 Å². The van der Waals surface area contributed by atoms with Crippen LogP contribution in [0.2, 0.25) is 0 Å². The van der Waals surface area contributed by atoms with E-state index in [0.717, 1.165) is 6.07 Å². The molecule has 0 aliphatic rings. The summed E-state index contributed by atoms with van der Waals surface area (Å²) in [7, 11) is 0. The number of aromatic nitrogens is 1. The summed E-state index contributed by atoms with van der Waals surface area (Å²) in [6.45, 7) is 1.62. The average molecular weight is 250 g/mol. The largest absolute Gasteiger partial charge is 0.481 e. The van der Waals surface area contributed by atoms with Gasteiger partial charge < -0.3 is 10.4 Å². The molecule has 94 valence electrons. The molecule has 0 aliphatic heterocycles. The molecule has 1 aromatic rings. The summed E-state index contributed by atoms with van der Waals surface area (Å²) >= 11 is 0. The van der Waals surface area contributed by atoms with E-state index in [1.165, 1.54) is 13.0 Å². The third-order valence-electron chi connectivity index (χ3n) is 2.19. The summed E-state index contributed by atoms with van der Waals surface area (Å²) in [5.41, 5.74) is -0.692. The predicted octanol–water partition coefficient (Wildman–Crippen LogP) is 0.994. The van der Waals surface area contributed by atoms with Crippen molar-refractivity contribution in [2.45, 2.75) is 6.92 Å². The standard InChI is InChI=1S/C10H10N4O4/c1-6(10(15)16)5-12-9-3-2-8(14(17)18)7(4-11)13-9/h2-3,6H,5H2,1H3,(H,12,13)(H,15,16). The number of hydrogen-bond donors (Lipinski definition) is 2. The normalized spacial score (nSPS) is 11.3. The number of carboxylic acid groups (broad SMARTS) is 1. The zero-order valence-electron chi connectivity index (χ0n) is 9.45. The van der Waals surface area contributed by atoms with Gasteiger partial charge in [-0.2, -0.15) is 5.26 Å². The summed E-state index contributed by atoms with van der Waals surface area (Å²) < 4.78 is 0. The molecule has 18 heavy (non-hydrogen) atoms. The number of carbonyl (C=O) groups is 1. The molecule has 0 bridgehead atoms. The van der Waals surface area contributed by atoms with Crippen molar-refractivity contribution in [2.24, 2.45) is 5.92 Å². The van der Waals surface area contributed by atoms with E-state index >= 15 is 0 Å². The van der Waals surface area contributed by atoms with Crippen molar-refractivity contribution in [1.82, 2.24) is 4.98 Å². The van der Waals surface area contributed by atoms with Crippen LogP contribution in [0.1, 0.15) is 12.6 Å². The maximum Gasteiger partial charge on any atom is 0.308 e. The molecule has 0 amide bonds. The number of aliphatic carboxylic acids is 1. The molecule has 1 heterocycles. The van der Waals surface area contributed by atoms with E-state index in [1.54, 1.807) is 6.07 Å². The van der Waals surface area contributed by atoms with E-state index in [9.17, 15) is 14.9 Å². The molecule has 1 aromatic heterocycles. The van der Waals surface area contributed by atoms with Crippen LogP contribution in [0, 0.1) is 27.4 Å². The number of nitrogens with one attached hydrogen (secondary N) is 1. The number of pyridine rings is 1. The van der Waals surface area contributed by atoms with E-state index in [2.05, 4.69) is 10.3 Å². The molecule has 0 radical (unpaired) electrons. The number of carboxylic acids is 1. The van der Waals surface area contributed by atoms with Crippen LogP contribution in [0.25, 0.3) is 0 Å². The first kappa shape index (κ1) is 13.4. The lowest BCUT2D eigenvalue weighted by atomic mass is 10.2. The first-order chi connectivity index (χ1) is 8.45. The minimum atomic E-state index is -0.968. The Morgan fingerprint density at radius 3 is 2.89 bits per heavy atom. The Hall–Kier alpha value is -2.69. The third kappa shape index (κ3) is 3.15. The van der Waals surface area contributed by atoms with Crippen LogP contribution in [-0.2, 0) is 4.79 Å². The van der Waals surface area contributed by atoms with E-state index in [4.69, 9.17) is 10.4 Å². The number of nitro groups is 1. The van der Waals surface area contributed by atoms with Gasteiger partial charge in [-0.05, 0) is 6.07 Å². The van der Waals surface area contributed by atoms with Crippen LogP contribution in [0.3, 0.4) is 0 Å². The van der Waals surface area contributed by atoms with Crippen LogP contribution in [0.5, 0.6) is 0 Å². The Kier molecular flexibility index (Phi) is 4.15.